The van der Waals surface area contributed by atoms with E-state index in [4.69, 9.17) is 0 Å². The molecule has 0 spiro atoms. The summed E-state index contributed by atoms with van der Waals surface area (Å²) in [6, 6.07) is 16.1. The van der Waals surface area contributed by atoms with Crippen molar-refractivity contribution in [2.75, 3.05) is 23.8 Å². The van der Waals surface area contributed by atoms with E-state index in [0.717, 1.165) is 36.2 Å². The smallest absolute Gasteiger partial charge is 0.337 e. The molecule has 0 saturated heterocycles. The van der Waals surface area contributed by atoms with E-state index in [1.807, 2.05) is 24.3 Å². The van der Waals surface area contributed by atoms with Crippen molar-refractivity contribution in [1.82, 2.24) is 4.98 Å². The van der Waals surface area contributed by atoms with E-state index < -0.39 is 12.1 Å². The average molecular weight is 432 g/mol. The number of rotatable bonds is 7. The second kappa shape index (κ2) is 9.40. The predicted octanol–water partition coefficient (Wildman–Crippen LogP) is 5.13. The highest BCUT2D eigenvalue weighted by molar-refractivity contribution is 5.93. The van der Waals surface area contributed by atoms with Crippen LogP contribution < -0.4 is 10.2 Å². The summed E-state index contributed by atoms with van der Waals surface area (Å²) >= 11 is 0. The number of nitrogens with zero attached hydrogens (tertiary/aromatic N) is 2. The van der Waals surface area contributed by atoms with Crippen molar-refractivity contribution in [2.24, 2.45) is 0 Å². The first-order valence-corrected chi connectivity index (χ1v) is 11.0. The number of anilines is 3. The lowest BCUT2D eigenvalue weighted by Crippen LogP contribution is -2.20. The minimum atomic E-state index is -0.951. The molecule has 6 nitrogen and oxygen atoms in total. The molecule has 0 fully saturated rings. The maximum atomic E-state index is 11.5. The number of hydrogen-bond acceptors (Lipinski definition) is 5. The van der Waals surface area contributed by atoms with Crippen LogP contribution in [0.25, 0.3) is 0 Å². The number of aryl methyl sites for hydroxylation is 1. The number of carboxylic acid groups (broad SMARTS) is 1. The van der Waals surface area contributed by atoms with Crippen LogP contribution in [0.4, 0.5) is 17.1 Å². The van der Waals surface area contributed by atoms with E-state index >= 15 is 0 Å². The van der Waals surface area contributed by atoms with E-state index in [-0.39, 0.29) is 5.56 Å². The highest BCUT2D eigenvalue weighted by Crippen LogP contribution is 2.35. The number of hydrogen-bond donors (Lipinski definition) is 3. The molecule has 1 aliphatic carbocycles. The number of aromatic nitrogens is 1. The second-order valence-corrected chi connectivity index (χ2v) is 8.41. The number of carboxylic acids is 1. The first kappa shape index (κ1) is 21.8. The van der Waals surface area contributed by atoms with E-state index in [0.29, 0.717) is 18.2 Å². The van der Waals surface area contributed by atoms with Gasteiger partial charge in [0, 0.05) is 37.1 Å². The lowest BCUT2D eigenvalue weighted by Gasteiger charge is -2.28. The molecule has 2 aromatic carbocycles. The molecule has 0 amide bonds. The number of aromatic carboxylic acids is 1. The average Bonchev–Trinajstić information content (AvgIpc) is 2.82. The van der Waals surface area contributed by atoms with Crippen LogP contribution in [0.3, 0.4) is 0 Å². The number of benzene rings is 2. The molecule has 1 aliphatic rings. The van der Waals surface area contributed by atoms with Gasteiger partial charge in [-0.05, 0) is 73.2 Å². The van der Waals surface area contributed by atoms with Gasteiger partial charge in [0.2, 0.25) is 0 Å². The fraction of sp³-hybridized carbons (Fsp3) is 0.308. The molecule has 4 rings (SSSR count). The van der Waals surface area contributed by atoms with Crippen LogP contribution in [-0.2, 0) is 6.42 Å². The fourth-order valence-corrected chi connectivity index (χ4v) is 4.40. The Morgan fingerprint density at radius 3 is 2.66 bits per heavy atom. The van der Waals surface area contributed by atoms with Gasteiger partial charge in [0.25, 0.3) is 0 Å². The van der Waals surface area contributed by atoms with Gasteiger partial charge in [0.15, 0.2) is 0 Å². The van der Waals surface area contributed by atoms with E-state index in [2.05, 4.69) is 40.4 Å². The summed E-state index contributed by atoms with van der Waals surface area (Å²) in [4.78, 5) is 17.7. The van der Waals surface area contributed by atoms with E-state index in [9.17, 15) is 15.0 Å². The summed E-state index contributed by atoms with van der Waals surface area (Å²) in [6.07, 6.45) is 5.82. The Morgan fingerprint density at radius 1 is 1.19 bits per heavy atom. The third-order valence-corrected chi connectivity index (χ3v) is 6.31. The van der Waals surface area contributed by atoms with Gasteiger partial charge in [-0.3, -0.25) is 4.98 Å². The normalized spacial score (nSPS) is 16.2. The van der Waals surface area contributed by atoms with Crippen LogP contribution in [0.2, 0.25) is 0 Å². The molecular formula is C26H29N3O3. The van der Waals surface area contributed by atoms with Gasteiger partial charge in [-0.15, -0.1) is 0 Å². The number of nitrogens with one attached hydrogen (secondary N) is 1. The number of carbonyl (C=O) groups is 1. The van der Waals surface area contributed by atoms with Crippen molar-refractivity contribution in [3.63, 3.8) is 0 Å². The molecule has 2 unspecified atom stereocenters. The van der Waals surface area contributed by atoms with Gasteiger partial charge >= 0.3 is 5.97 Å². The van der Waals surface area contributed by atoms with Gasteiger partial charge in [-0.1, -0.05) is 18.2 Å². The molecular weight excluding hydrogens is 402 g/mol. The fourth-order valence-electron chi connectivity index (χ4n) is 4.40. The zero-order valence-electron chi connectivity index (χ0n) is 18.5. The van der Waals surface area contributed by atoms with Crippen molar-refractivity contribution in [2.45, 2.75) is 38.2 Å². The van der Waals surface area contributed by atoms with Gasteiger partial charge in [-0.25, -0.2) is 4.79 Å². The Bertz CT molecular complexity index is 1100. The molecule has 32 heavy (non-hydrogen) atoms. The van der Waals surface area contributed by atoms with Crippen LogP contribution in [0.15, 0.2) is 60.9 Å². The maximum absolute atomic E-state index is 11.5. The number of aliphatic hydroxyl groups is 1. The van der Waals surface area contributed by atoms with Gasteiger partial charge in [0.1, 0.15) is 0 Å². The summed E-state index contributed by atoms with van der Waals surface area (Å²) in [5.74, 6) is -0.626. The lowest BCUT2D eigenvalue weighted by molar-refractivity contribution is 0.0697. The zero-order chi connectivity index (χ0) is 22.7. The molecule has 6 heteroatoms. The highest BCUT2D eigenvalue weighted by atomic mass is 16.4. The van der Waals surface area contributed by atoms with Crippen LogP contribution >= 0.6 is 0 Å². The highest BCUT2D eigenvalue weighted by Gasteiger charge is 2.22. The molecule has 0 radical (unpaired) electrons. The number of aliphatic hydroxyl groups excluding tert-OH is 1. The van der Waals surface area contributed by atoms with Gasteiger partial charge < -0.3 is 20.4 Å². The number of pyridine rings is 1. The third kappa shape index (κ3) is 4.60. The Hall–Kier alpha value is -3.38. The minimum Gasteiger partial charge on any atom is -0.478 e. The SMILES string of the molecule is CC(O)c1ccc(N(C)c2ccc3c(c2)CCCC3CNc2cnccc2C(=O)O)cc1. The first-order valence-electron chi connectivity index (χ1n) is 11.0. The molecule has 1 heterocycles. The molecule has 0 aliphatic heterocycles. The molecule has 1 aromatic heterocycles. The Balaban J connectivity index is 1.51. The van der Waals surface area contributed by atoms with E-state index in [1.165, 1.54) is 23.4 Å². The molecule has 3 aromatic rings. The van der Waals surface area contributed by atoms with Gasteiger partial charge in [0.05, 0.1) is 23.6 Å². The van der Waals surface area contributed by atoms with Crippen molar-refractivity contribution >= 4 is 23.0 Å². The standard InChI is InChI=1S/C26H29N3O3/c1-17(30)18-6-8-21(9-7-18)29(2)22-10-11-23-19(14-22)4-3-5-20(23)15-28-25-16-27-13-12-24(25)26(31)32/h6-14,16-17,20,28,30H,3-5,15H2,1-2H3,(H,31,32). The lowest BCUT2D eigenvalue weighted by atomic mass is 9.82. The van der Waals surface area contributed by atoms with Gasteiger partial charge in [-0.2, -0.15) is 0 Å². The predicted molar refractivity (Wildman–Crippen MR) is 127 cm³/mol. The molecule has 0 bridgehead atoms. The van der Waals surface area contributed by atoms with Crippen LogP contribution in [0, 0.1) is 0 Å². The largest absolute Gasteiger partial charge is 0.478 e. The molecule has 2 atom stereocenters. The Labute approximate surface area is 188 Å². The molecule has 3 N–H and O–H groups in total. The summed E-state index contributed by atoms with van der Waals surface area (Å²) in [5, 5.41) is 22.4. The maximum Gasteiger partial charge on any atom is 0.337 e. The van der Waals surface area contributed by atoms with Crippen LogP contribution in [0.5, 0.6) is 0 Å². The summed E-state index contributed by atoms with van der Waals surface area (Å²) in [5.41, 5.74) is 6.58. The summed E-state index contributed by atoms with van der Waals surface area (Å²) in [6.45, 7) is 2.44. The minimum absolute atomic E-state index is 0.245. The second-order valence-electron chi connectivity index (χ2n) is 8.41. The molecule has 166 valence electrons. The first-order chi connectivity index (χ1) is 15.4. The summed E-state index contributed by atoms with van der Waals surface area (Å²) < 4.78 is 0. The summed E-state index contributed by atoms with van der Waals surface area (Å²) in [7, 11) is 2.05. The van der Waals surface area contributed by atoms with Crippen LogP contribution in [-0.4, -0.2) is 34.8 Å². The van der Waals surface area contributed by atoms with Crippen molar-refractivity contribution in [3.8, 4) is 0 Å². The molecule has 0 saturated carbocycles. The Morgan fingerprint density at radius 2 is 1.94 bits per heavy atom. The van der Waals surface area contributed by atoms with Crippen molar-refractivity contribution in [3.05, 3.63) is 83.2 Å². The Kier molecular flexibility index (Phi) is 6.42. The van der Waals surface area contributed by atoms with Crippen molar-refractivity contribution < 1.29 is 15.0 Å². The van der Waals surface area contributed by atoms with E-state index in [1.54, 1.807) is 13.1 Å². The van der Waals surface area contributed by atoms with Crippen molar-refractivity contribution in [1.29, 1.82) is 0 Å². The monoisotopic (exact) mass is 431 g/mol. The quantitative estimate of drug-likeness (QED) is 0.481. The zero-order valence-corrected chi connectivity index (χ0v) is 18.5. The third-order valence-electron chi connectivity index (χ3n) is 6.31. The van der Waals surface area contributed by atoms with Crippen LogP contribution in [0.1, 0.15) is 58.8 Å². The number of fused-ring (bicyclic) bond motifs is 1. The topological polar surface area (TPSA) is 85.7 Å².